The van der Waals surface area contributed by atoms with Gasteiger partial charge in [-0.2, -0.15) is 0 Å². The number of fused-ring (bicyclic) bond motifs is 3. The van der Waals surface area contributed by atoms with Gasteiger partial charge in [-0.25, -0.2) is 9.97 Å². The van der Waals surface area contributed by atoms with Gasteiger partial charge in [-0.1, -0.05) is 58.4 Å². The molecule has 0 radical (unpaired) electrons. The first-order valence-electron chi connectivity index (χ1n) is 14.1. The summed E-state index contributed by atoms with van der Waals surface area (Å²) in [5, 5.41) is 4.14. The Balaban J connectivity index is 1.85. The highest BCUT2D eigenvalue weighted by molar-refractivity contribution is 7.39. The number of amides is 1. The standard InChI is InChI=1S/C31H42N5O4P/c1-8-10-11-25-34-27-28(36(25)18-20-12-15-24(19(3)16-20)40-41(38)39)22-14-13-21(17-23(22)33-29(27)32)30(4,5)31(6,7)35-26(37)9-2/h12-17,38-39H,8-11,18H2,1-7H3,(H2,32,33)(H,35,37). The highest BCUT2D eigenvalue weighted by Gasteiger charge is 2.39. The zero-order chi connectivity index (χ0) is 30.1. The molecule has 0 spiro atoms. The lowest BCUT2D eigenvalue weighted by Crippen LogP contribution is -2.55. The van der Waals surface area contributed by atoms with E-state index in [4.69, 9.17) is 20.2 Å². The summed E-state index contributed by atoms with van der Waals surface area (Å²) in [7, 11) is -2.48. The van der Waals surface area contributed by atoms with Crippen LogP contribution in [0.25, 0.3) is 21.9 Å². The summed E-state index contributed by atoms with van der Waals surface area (Å²) >= 11 is 0. The van der Waals surface area contributed by atoms with Crippen LogP contribution < -0.4 is 15.6 Å². The summed E-state index contributed by atoms with van der Waals surface area (Å²) in [6.45, 7) is 14.8. The van der Waals surface area contributed by atoms with E-state index in [2.05, 4.69) is 48.9 Å². The molecule has 2 aromatic heterocycles. The van der Waals surface area contributed by atoms with E-state index in [0.29, 0.717) is 30.0 Å². The average Bonchev–Trinajstić information content (AvgIpc) is 3.26. The summed E-state index contributed by atoms with van der Waals surface area (Å²) in [4.78, 5) is 40.6. The van der Waals surface area contributed by atoms with Gasteiger partial charge in [-0.05, 0) is 56.0 Å². The molecule has 0 unspecified atom stereocenters. The third-order valence-corrected chi connectivity index (χ3v) is 8.71. The van der Waals surface area contributed by atoms with Gasteiger partial charge in [0.1, 0.15) is 17.1 Å². The number of pyridine rings is 1. The van der Waals surface area contributed by atoms with Crippen LogP contribution in [0.3, 0.4) is 0 Å². The molecular weight excluding hydrogens is 537 g/mol. The molecule has 4 rings (SSSR count). The Labute approximate surface area is 243 Å². The van der Waals surface area contributed by atoms with Crippen molar-refractivity contribution in [1.82, 2.24) is 19.9 Å². The minimum atomic E-state index is -2.48. The van der Waals surface area contributed by atoms with Crippen LogP contribution in [0.5, 0.6) is 5.75 Å². The van der Waals surface area contributed by atoms with E-state index in [-0.39, 0.29) is 5.91 Å². The fourth-order valence-electron chi connectivity index (χ4n) is 5.18. The number of nitrogens with one attached hydrogen (secondary N) is 1. The minimum Gasteiger partial charge on any atom is -0.427 e. The Morgan fingerprint density at radius 2 is 1.83 bits per heavy atom. The zero-order valence-electron chi connectivity index (χ0n) is 25.1. The summed E-state index contributed by atoms with van der Waals surface area (Å²) in [6.07, 6.45) is 3.27. The molecule has 9 nitrogen and oxygen atoms in total. The first-order valence-corrected chi connectivity index (χ1v) is 15.3. The molecule has 41 heavy (non-hydrogen) atoms. The molecule has 0 aliphatic rings. The van der Waals surface area contributed by atoms with E-state index in [1.54, 1.807) is 6.07 Å². The van der Waals surface area contributed by atoms with Crippen LogP contribution in [-0.4, -0.2) is 35.8 Å². The number of hydrogen-bond acceptors (Lipinski definition) is 7. The predicted octanol–water partition coefficient (Wildman–Crippen LogP) is 6.04. The molecule has 2 aromatic carbocycles. The van der Waals surface area contributed by atoms with Crippen LogP contribution in [0.2, 0.25) is 0 Å². The van der Waals surface area contributed by atoms with E-state index < -0.39 is 19.6 Å². The van der Waals surface area contributed by atoms with Crippen molar-refractivity contribution in [3.8, 4) is 5.75 Å². The number of imidazole rings is 1. The number of rotatable bonds is 11. The van der Waals surface area contributed by atoms with Gasteiger partial charge in [0.05, 0.1) is 11.0 Å². The Hall–Kier alpha value is -3.26. The summed E-state index contributed by atoms with van der Waals surface area (Å²) in [6, 6.07) is 12.0. The van der Waals surface area contributed by atoms with Crippen molar-refractivity contribution in [2.75, 3.05) is 5.73 Å². The SMILES string of the molecule is CCCCc1nc2c(N)nc3cc(C(C)(C)C(C)(C)NC(=O)CC)ccc3c2n1Cc1ccc(OP(O)O)c(C)c1. The van der Waals surface area contributed by atoms with Crippen LogP contribution in [0, 0.1) is 6.92 Å². The number of unbranched alkanes of at least 4 members (excludes halogenated alkanes) is 1. The summed E-state index contributed by atoms with van der Waals surface area (Å²) < 4.78 is 7.38. The highest BCUT2D eigenvalue weighted by Crippen LogP contribution is 2.38. The van der Waals surface area contributed by atoms with E-state index in [1.807, 2.05) is 39.8 Å². The van der Waals surface area contributed by atoms with Crippen molar-refractivity contribution in [2.45, 2.75) is 91.6 Å². The second-order valence-corrected chi connectivity index (χ2v) is 12.4. The molecule has 5 N–H and O–H groups in total. The molecule has 4 aromatic rings. The van der Waals surface area contributed by atoms with Crippen molar-refractivity contribution >= 4 is 42.3 Å². The van der Waals surface area contributed by atoms with Gasteiger partial charge >= 0.3 is 8.60 Å². The van der Waals surface area contributed by atoms with E-state index in [1.165, 1.54) is 0 Å². The quantitative estimate of drug-likeness (QED) is 0.159. The Bertz CT molecular complexity index is 1580. The smallest absolute Gasteiger partial charge is 0.391 e. The van der Waals surface area contributed by atoms with Crippen LogP contribution >= 0.6 is 8.60 Å². The Morgan fingerprint density at radius 3 is 2.46 bits per heavy atom. The summed E-state index contributed by atoms with van der Waals surface area (Å²) in [5.41, 5.74) is 10.9. The van der Waals surface area contributed by atoms with Crippen molar-refractivity contribution in [3.63, 3.8) is 0 Å². The molecule has 1 amide bonds. The molecule has 0 bridgehead atoms. The van der Waals surface area contributed by atoms with Gasteiger partial charge in [-0.3, -0.25) is 4.79 Å². The lowest BCUT2D eigenvalue weighted by Gasteiger charge is -2.43. The fourth-order valence-corrected chi connectivity index (χ4v) is 5.56. The molecule has 220 valence electrons. The van der Waals surface area contributed by atoms with Crippen molar-refractivity contribution in [3.05, 3.63) is 58.9 Å². The van der Waals surface area contributed by atoms with Crippen molar-refractivity contribution < 1.29 is 19.1 Å². The molecule has 0 saturated heterocycles. The Morgan fingerprint density at radius 1 is 1.10 bits per heavy atom. The maximum Gasteiger partial charge on any atom is 0.391 e. The molecule has 2 heterocycles. The van der Waals surface area contributed by atoms with Gasteiger partial charge in [0.25, 0.3) is 0 Å². The molecule has 0 aliphatic heterocycles. The number of anilines is 1. The minimum absolute atomic E-state index is 0.0137. The molecule has 10 heteroatoms. The number of hydrogen-bond donors (Lipinski definition) is 4. The second kappa shape index (κ2) is 11.9. The molecule has 0 atom stereocenters. The third-order valence-electron chi connectivity index (χ3n) is 8.35. The van der Waals surface area contributed by atoms with Gasteiger partial charge in [0.15, 0.2) is 5.82 Å². The highest BCUT2D eigenvalue weighted by atomic mass is 31.2. The lowest BCUT2D eigenvalue weighted by molar-refractivity contribution is -0.123. The first kappa shape index (κ1) is 30.7. The van der Waals surface area contributed by atoms with Gasteiger partial charge in [-0.15, -0.1) is 0 Å². The molecule has 0 fully saturated rings. The second-order valence-electron chi connectivity index (χ2n) is 11.7. The monoisotopic (exact) mass is 579 g/mol. The van der Waals surface area contributed by atoms with E-state index >= 15 is 0 Å². The number of benzene rings is 2. The number of aromatic nitrogens is 3. The van der Waals surface area contributed by atoms with E-state index in [9.17, 15) is 14.6 Å². The van der Waals surface area contributed by atoms with Crippen LogP contribution in [-0.2, 0) is 23.2 Å². The topological polar surface area (TPSA) is 136 Å². The third kappa shape index (κ3) is 6.17. The predicted molar refractivity (Wildman–Crippen MR) is 166 cm³/mol. The number of nitrogens with zero attached hydrogens (tertiary/aromatic N) is 3. The van der Waals surface area contributed by atoms with Crippen molar-refractivity contribution in [1.29, 1.82) is 0 Å². The zero-order valence-corrected chi connectivity index (χ0v) is 26.0. The van der Waals surface area contributed by atoms with Gasteiger partial charge in [0, 0.05) is 35.7 Å². The summed E-state index contributed by atoms with van der Waals surface area (Å²) in [5.74, 6) is 1.79. The van der Waals surface area contributed by atoms with Crippen LogP contribution in [0.15, 0.2) is 36.4 Å². The van der Waals surface area contributed by atoms with Crippen LogP contribution in [0.1, 0.15) is 83.3 Å². The average molecular weight is 580 g/mol. The number of nitrogens with two attached hydrogens (primary N) is 1. The number of carbonyl (C=O) groups excluding carboxylic acids is 1. The number of aryl methyl sites for hydroxylation is 2. The lowest BCUT2D eigenvalue weighted by atomic mass is 9.69. The van der Waals surface area contributed by atoms with Gasteiger partial charge in [0.2, 0.25) is 5.91 Å². The number of nitrogen functional groups attached to an aromatic ring is 1. The first-order chi connectivity index (χ1) is 19.3. The molecular formula is C31H42N5O4P. The number of carbonyl (C=O) groups is 1. The normalized spacial score (nSPS) is 12.4. The van der Waals surface area contributed by atoms with Crippen molar-refractivity contribution in [2.24, 2.45) is 0 Å². The largest absolute Gasteiger partial charge is 0.427 e. The maximum absolute atomic E-state index is 12.3. The van der Waals surface area contributed by atoms with E-state index in [0.717, 1.165) is 58.2 Å². The molecule has 0 aliphatic carbocycles. The van der Waals surface area contributed by atoms with Gasteiger partial charge < -0.3 is 29.9 Å². The molecule has 0 saturated carbocycles. The van der Waals surface area contributed by atoms with Crippen LogP contribution in [0.4, 0.5) is 5.82 Å². The fraction of sp³-hybridized carbons (Fsp3) is 0.452. The maximum atomic E-state index is 12.3. The Kier molecular flexibility index (Phi) is 8.93.